The molecule has 0 radical (unpaired) electrons. The van der Waals surface area contributed by atoms with Gasteiger partial charge in [-0.15, -0.1) is 0 Å². The molecule has 1 heterocycles. The van der Waals surface area contributed by atoms with Gasteiger partial charge in [0, 0.05) is 6.04 Å². The zero-order chi connectivity index (χ0) is 20.5. The summed E-state index contributed by atoms with van der Waals surface area (Å²) >= 11 is 0. The average molecular weight is 399 g/mol. The minimum atomic E-state index is -4.19. The summed E-state index contributed by atoms with van der Waals surface area (Å²) in [7, 11) is 0. The number of aromatic nitrogens is 2. The van der Waals surface area contributed by atoms with E-state index in [0.717, 1.165) is 0 Å². The number of hydrogen-bond donors (Lipinski definition) is 2. The molecule has 1 aromatic carbocycles. The van der Waals surface area contributed by atoms with Crippen molar-refractivity contribution < 1.29 is 22.4 Å². The van der Waals surface area contributed by atoms with Crippen LogP contribution >= 0.6 is 0 Å². The van der Waals surface area contributed by atoms with E-state index in [1.165, 1.54) is 18.2 Å². The maximum atomic E-state index is 13.7. The maximum Gasteiger partial charge on any atom is 0.391 e. The first-order valence-corrected chi connectivity index (χ1v) is 9.26. The topological polar surface area (TPSA) is 74.8 Å². The fraction of sp³-hybridized carbons (Fsp3) is 0.526. The van der Waals surface area contributed by atoms with Gasteiger partial charge in [0.2, 0.25) is 5.43 Å². The Bertz CT molecular complexity index is 918. The Kier molecular flexibility index (Phi) is 5.71. The van der Waals surface area contributed by atoms with Crippen molar-refractivity contribution in [2.75, 3.05) is 0 Å². The molecular formula is C19H21F4N3O2. The number of alkyl halides is 3. The van der Waals surface area contributed by atoms with Crippen molar-refractivity contribution in [1.82, 2.24) is 15.5 Å². The van der Waals surface area contributed by atoms with E-state index >= 15 is 0 Å². The van der Waals surface area contributed by atoms with Gasteiger partial charge in [-0.25, -0.2) is 4.39 Å². The number of para-hydroxylation sites is 1. The highest BCUT2D eigenvalue weighted by atomic mass is 19.4. The van der Waals surface area contributed by atoms with Crippen LogP contribution in [0, 0.1) is 17.7 Å². The van der Waals surface area contributed by atoms with Gasteiger partial charge in [0.1, 0.15) is 11.3 Å². The standard InChI is InChI=1S/C19H21F4N3O2/c1-2-14(10-6-8-11(9-7-10)19(21,22)23)24-18(28)16-17(27)12-4-3-5-13(20)15(12)25-26-16/h3-5,10-11,14H,2,6-9H2,1H3,(H,24,28)(H,25,27). The van der Waals surface area contributed by atoms with Crippen LogP contribution in [0.1, 0.15) is 49.5 Å². The van der Waals surface area contributed by atoms with Crippen molar-refractivity contribution in [3.8, 4) is 0 Å². The number of halogens is 4. The summed E-state index contributed by atoms with van der Waals surface area (Å²) in [5.74, 6) is -2.75. The van der Waals surface area contributed by atoms with Crippen LogP contribution in [0.25, 0.3) is 10.9 Å². The molecule has 5 nitrogen and oxygen atoms in total. The number of carbonyl (C=O) groups is 1. The van der Waals surface area contributed by atoms with Gasteiger partial charge >= 0.3 is 6.18 Å². The molecule has 3 rings (SSSR count). The van der Waals surface area contributed by atoms with Crippen LogP contribution < -0.4 is 10.7 Å². The summed E-state index contributed by atoms with van der Waals surface area (Å²) in [6, 6.07) is 3.57. The van der Waals surface area contributed by atoms with E-state index in [0.29, 0.717) is 19.3 Å². The van der Waals surface area contributed by atoms with Crippen molar-refractivity contribution in [3.63, 3.8) is 0 Å². The van der Waals surface area contributed by atoms with Gasteiger partial charge in [-0.1, -0.05) is 13.0 Å². The fourth-order valence-electron chi connectivity index (χ4n) is 3.91. The number of fused-ring (bicyclic) bond motifs is 1. The molecule has 1 amide bonds. The summed E-state index contributed by atoms with van der Waals surface area (Å²) in [4.78, 5) is 25.0. The van der Waals surface area contributed by atoms with Gasteiger partial charge in [-0.2, -0.15) is 18.3 Å². The second-order valence-electron chi connectivity index (χ2n) is 7.21. The third-order valence-electron chi connectivity index (χ3n) is 5.53. The number of nitrogens with zero attached hydrogens (tertiary/aromatic N) is 1. The molecule has 0 bridgehead atoms. The highest BCUT2D eigenvalue weighted by Gasteiger charge is 2.42. The van der Waals surface area contributed by atoms with Crippen LogP contribution in [0.15, 0.2) is 23.0 Å². The second kappa shape index (κ2) is 7.89. The predicted molar refractivity (Wildman–Crippen MR) is 95.4 cm³/mol. The van der Waals surface area contributed by atoms with Gasteiger partial charge in [0.05, 0.1) is 11.3 Å². The molecule has 152 valence electrons. The summed E-state index contributed by atoms with van der Waals surface area (Å²) in [6.45, 7) is 1.83. The Morgan fingerprint density at radius 1 is 1.29 bits per heavy atom. The van der Waals surface area contributed by atoms with Gasteiger partial charge in [-0.05, 0) is 50.2 Å². The van der Waals surface area contributed by atoms with Crippen molar-refractivity contribution in [2.24, 2.45) is 11.8 Å². The van der Waals surface area contributed by atoms with Gasteiger partial charge in [0.25, 0.3) is 5.91 Å². The van der Waals surface area contributed by atoms with Crippen LogP contribution in [0.5, 0.6) is 0 Å². The first kappa shape index (κ1) is 20.3. The molecule has 1 atom stereocenters. The van der Waals surface area contributed by atoms with E-state index in [4.69, 9.17) is 0 Å². The molecule has 1 saturated carbocycles. The molecular weight excluding hydrogens is 378 g/mol. The zero-order valence-corrected chi connectivity index (χ0v) is 15.3. The molecule has 0 aliphatic heterocycles. The molecule has 2 N–H and O–H groups in total. The lowest BCUT2D eigenvalue weighted by Crippen LogP contribution is -2.44. The third-order valence-corrected chi connectivity index (χ3v) is 5.53. The van der Waals surface area contributed by atoms with E-state index in [2.05, 4.69) is 15.5 Å². The first-order chi connectivity index (χ1) is 13.2. The summed E-state index contributed by atoms with van der Waals surface area (Å²) in [6.07, 6.45) is -2.88. The molecule has 1 aromatic heterocycles. The Labute approximate surface area is 158 Å². The van der Waals surface area contributed by atoms with Crippen LogP contribution in [0.4, 0.5) is 17.6 Å². The van der Waals surface area contributed by atoms with Crippen molar-refractivity contribution in [3.05, 3.63) is 39.9 Å². The Morgan fingerprint density at radius 2 is 1.96 bits per heavy atom. The summed E-state index contributed by atoms with van der Waals surface area (Å²) in [5, 5.41) is 8.84. The molecule has 0 spiro atoms. The SMILES string of the molecule is CCC(NC(=O)c1n[nH]c2c(F)cccc2c1=O)C1CCC(C(F)(F)F)CC1. The summed E-state index contributed by atoms with van der Waals surface area (Å²) in [5.41, 5.74) is -1.16. The van der Waals surface area contributed by atoms with E-state index in [-0.39, 0.29) is 41.4 Å². The minimum Gasteiger partial charge on any atom is -0.348 e. The van der Waals surface area contributed by atoms with Gasteiger partial charge < -0.3 is 5.32 Å². The Balaban J connectivity index is 1.74. The molecule has 1 aliphatic rings. The van der Waals surface area contributed by atoms with Crippen LogP contribution in [-0.4, -0.2) is 28.3 Å². The second-order valence-corrected chi connectivity index (χ2v) is 7.21. The molecule has 1 unspecified atom stereocenters. The number of amides is 1. The summed E-state index contributed by atoms with van der Waals surface area (Å²) < 4.78 is 52.3. The number of carbonyl (C=O) groups excluding carboxylic acids is 1. The minimum absolute atomic E-state index is 0.0129. The number of benzene rings is 1. The van der Waals surface area contributed by atoms with E-state index in [9.17, 15) is 27.2 Å². The maximum absolute atomic E-state index is 13.7. The average Bonchev–Trinajstić information content (AvgIpc) is 2.66. The fourth-order valence-corrected chi connectivity index (χ4v) is 3.91. The number of hydrogen-bond acceptors (Lipinski definition) is 3. The van der Waals surface area contributed by atoms with E-state index in [1.807, 2.05) is 6.92 Å². The van der Waals surface area contributed by atoms with Crippen molar-refractivity contribution in [2.45, 2.75) is 51.2 Å². The van der Waals surface area contributed by atoms with E-state index in [1.54, 1.807) is 0 Å². The quantitative estimate of drug-likeness (QED) is 0.765. The number of aromatic amines is 1. The molecule has 1 fully saturated rings. The Hall–Kier alpha value is -2.45. The van der Waals surface area contributed by atoms with Gasteiger partial charge in [0.15, 0.2) is 5.69 Å². The highest BCUT2D eigenvalue weighted by Crippen LogP contribution is 2.40. The number of nitrogens with one attached hydrogen (secondary N) is 2. The molecule has 1 aliphatic carbocycles. The molecule has 0 saturated heterocycles. The molecule has 9 heteroatoms. The third kappa shape index (κ3) is 4.02. The van der Waals surface area contributed by atoms with Crippen LogP contribution in [-0.2, 0) is 0 Å². The molecule has 2 aromatic rings. The largest absolute Gasteiger partial charge is 0.391 e. The predicted octanol–water partition coefficient (Wildman–Crippen LogP) is 3.94. The van der Waals surface area contributed by atoms with Gasteiger partial charge in [-0.3, -0.25) is 14.7 Å². The Morgan fingerprint density at radius 3 is 2.57 bits per heavy atom. The van der Waals surface area contributed by atoms with Crippen LogP contribution in [0.3, 0.4) is 0 Å². The molecule has 28 heavy (non-hydrogen) atoms. The lowest BCUT2D eigenvalue weighted by atomic mass is 9.77. The lowest BCUT2D eigenvalue weighted by Gasteiger charge is -2.34. The monoisotopic (exact) mass is 399 g/mol. The van der Waals surface area contributed by atoms with E-state index < -0.39 is 29.2 Å². The smallest absolute Gasteiger partial charge is 0.348 e. The first-order valence-electron chi connectivity index (χ1n) is 9.26. The van der Waals surface area contributed by atoms with Crippen molar-refractivity contribution in [1.29, 1.82) is 0 Å². The number of rotatable bonds is 4. The lowest BCUT2D eigenvalue weighted by molar-refractivity contribution is -0.184. The highest BCUT2D eigenvalue weighted by molar-refractivity contribution is 5.95. The van der Waals surface area contributed by atoms with Crippen molar-refractivity contribution >= 4 is 16.8 Å². The van der Waals surface area contributed by atoms with Crippen LogP contribution in [0.2, 0.25) is 0 Å². The number of H-pyrrole nitrogens is 1. The normalized spacial score (nSPS) is 21.5. The zero-order valence-electron chi connectivity index (χ0n) is 15.3.